The van der Waals surface area contributed by atoms with Gasteiger partial charge in [0.2, 0.25) is 0 Å². The molecule has 0 atom stereocenters. The van der Waals surface area contributed by atoms with Gasteiger partial charge in [-0.2, -0.15) is 0 Å². The number of carbonyl (C=O) groups excluding carboxylic acids is 1. The van der Waals surface area contributed by atoms with Gasteiger partial charge in [-0.3, -0.25) is 4.79 Å². The molecule has 0 unspecified atom stereocenters. The molecule has 14 heavy (non-hydrogen) atoms. The summed E-state index contributed by atoms with van der Waals surface area (Å²) in [6.07, 6.45) is 2.06. The van der Waals surface area contributed by atoms with Crippen molar-refractivity contribution in [3.8, 4) is 0 Å². The number of carbonyl (C=O) groups is 1. The van der Waals surface area contributed by atoms with E-state index in [1.807, 2.05) is 0 Å². The van der Waals surface area contributed by atoms with Crippen LogP contribution in [0.25, 0.3) is 10.8 Å². The van der Waals surface area contributed by atoms with Gasteiger partial charge in [0.05, 0.1) is 5.56 Å². The number of aldehydes is 1. The lowest BCUT2D eigenvalue weighted by Crippen LogP contribution is -1.89. The minimum atomic E-state index is -0.363. The molecule has 2 nitrogen and oxygen atoms in total. The normalized spacial score (nSPS) is 10.4. The predicted octanol–water partition coefficient (Wildman–Crippen LogP) is 2.84. The van der Waals surface area contributed by atoms with E-state index < -0.39 is 0 Å². The van der Waals surface area contributed by atoms with Crippen LogP contribution in [0, 0.1) is 5.82 Å². The minimum absolute atomic E-state index is 0.138. The van der Waals surface area contributed by atoms with Crippen LogP contribution < -0.4 is 0 Å². The molecule has 0 aliphatic carbocycles. The van der Waals surface area contributed by atoms with E-state index in [0.29, 0.717) is 22.6 Å². The minimum Gasteiger partial charge on any atom is -0.298 e. The number of aromatic nitrogens is 1. The summed E-state index contributed by atoms with van der Waals surface area (Å²) < 4.78 is 12.8. The lowest BCUT2D eigenvalue weighted by molar-refractivity contribution is 0.112. The summed E-state index contributed by atoms with van der Waals surface area (Å²) in [6.45, 7) is 0. The number of nitrogens with zero attached hydrogens (tertiary/aromatic N) is 1. The molecule has 0 saturated heterocycles. The monoisotopic (exact) mass is 209 g/mol. The molecule has 4 heteroatoms. The Morgan fingerprint density at radius 3 is 2.93 bits per heavy atom. The van der Waals surface area contributed by atoms with Crippen molar-refractivity contribution in [2.75, 3.05) is 0 Å². The van der Waals surface area contributed by atoms with Crippen molar-refractivity contribution in [1.29, 1.82) is 0 Å². The highest BCUT2D eigenvalue weighted by Gasteiger charge is 2.06. The first-order valence-electron chi connectivity index (χ1n) is 3.91. The molecule has 0 N–H and O–H groups in total. The average Bonchev–Trinajstić information content (AvgIpc) is 2.18. The van der Waals surface area contributed by atoms with Gasteiger partial charge < -0.3 is 0 Å². The standard InChI is InChI=1S/C10H5ClFNO/c11-10-9(5-14)8-2-1-7(12)3-6(8)4-13-10/h1-5H. The van der Waals surface area contributed by atoms with Gasteiger partial charge in [-0.25, -0.2) is 9.37 Å². The van der Waals surface area contributed by atoms with E-state index in [2.05, 4.69) is 4.98 Å². The average molecular weight is 210 g/mol. The summed E-state index contributed by atoms with van der Waals surface area (Å²) in [4.78, 5) is 14.5. The Kier molecular flexibility index (Phi) is 2.17. The number of hydrogen-bond donors (Lipinski definition) is 0. The number of fused-ring (bicyclic) bond motifs is 1. The van der Waals surface area contributed by atoms with E-state index in [0.717, 1.165) is 0 Å². The van der Waals surface area contributed by atoms with Gasteiger partial charge >= 0.3 is 0 Å². The molecule has 0 aliphatic rings. The van der Waals surface area contributed by atoms with Crippen LogP contribution in [0.3, 0.4) is 0 Å². The molecule has 70 valence electrons. The maximum absolute atomic E-state index is 12.8. The van der Waals surface area contributed by atoms with Crippen molar-refractivity contribution in [3.05, 3.63) is 40.9 Å². The number of hydrogen-bond acceptors (Lipinski definition) is 2. The van der Waals surface area contributed by atoms with E-state index in [1.54, 1.807) is 0 Å². The van der Waals surface area contributed by atoms with Crippen LogP contribution in [0.2, 0.25) is 5.15 Å². The SMILES string of the molecule is O=Cc1c(Cl)ncc2cc(F)ccc12. The summed E-state index contributed by atoms with van der Waals surface area (Å²) in [5.41, 5.74) is 0.296. The summed E-state index contributed by atoms with van der Waals surface area (Å²) in [6, 6.07) is 4.11. The third-order valence-corrected chi connectivity index (χ3v) is 2.26. The maximum Gasteiger partial charge on any atom is 0.153 e. The van der Waals surface area contributed by atoms with E-state index in [-0.39, 0.29) is 11.0 Å². The summed E-state index contributed by atoms with van der Waals surface area (Å²) >= 11 is 5.71. The fraction of sp³-hybridized carbons (Fsp3) is 0. The second-order valence-electron chi connectivity index (χ2n) is 2.81. The van der Waals surface area contributed by atoms with Gasteiger partial charge in [0, 0.05) is 11.6 Å². The largest absolute Gasteiger partial charge is 0.298 e. The fourth-order valence-corrected chi connectivity index (χ4v) is 1.50. The van der Waals surface area contributed by atoms with Crippen molar-refractivity contribution in [2.24, 2.45) is 0 Å². The van der Waals surface area contributed by atoms with E-state index in [1.165, 1.54) is 24.4 Å². The molecule has 0 aliphatic heterocycles. The van der Waals surface area contributed by atoms with Crippen LogP contribution in [-0.4, -0.2) is 11.3 Å². The van der Waals surface area contributed by atoms with Crippen LogP contribution in [-0.2, 0) is 0 Å². The molecule has 1 aromatic carbocycles. The zero-order valence-corrected chi connectivity index (χ0v) is 7.75. The highest BCUT2D eigenvalue weighted by Crippen LogP contribution is 2.22. The van der Waals surface area contributed by atoms with Crippen molar-refractivity contribution in [1.82, 2.24) is 4.98 Å². The van der Waals surface area contributed by atoms with E-state index in [9.17, 15) is 9.18 Å². The van der Waals surface area contributed by atoms with Gasteiger partial charge in [0.25, 0.3) is 0 Å². The Morgan fingerprint density at radius 2 is 2.21 bits per heavy atom. The van der Waals surface area contributed by atoms with Crippen LogP contribution in [0.4, 0.5) is 4.39 Å². The molecule has 0 fully saturated rings. The summed E-state index contributed by atoms with van der Waals surface area (Å²) in [7, 11) is 0. The quantitative estimate of drug-likeness (QED) is 0.534. The maximum atomic E-state index is 12.8. The predicted molar refractivity (Wildman–Crippen MR) is 52.1 cm³/mol. The van der Waals surface area contributed by atoms with Crippen LogP contribution in [0.5, 0.6) is 0 Å². The molecule has 1 aromatic heterocycles. The highest BCUT2D eigenvalue weighted by atomic mass is 35.5. The Balaban J connectivity index is 2.88. The summed E-state index contributed by atoms with van der Waals surface area (Å²) in [5, 5.41) is 1.32. The van der Waals surface area contributed by atoms with Gasteiger partial charge in [-0.15, -0.1) is 0 Å². The van der Waals surface area contributed by atoms with Gasteiger partial charge in [-0.05, 0) is 17.5 Å². The van der Waals surface area contributed by atoms with Crippen molar-refractivity contribution < 1.29 is 9.18 Å². The smallest absolute Gasteiger partial charge is 0.153 e. The molecule has 2 rings (SSSR count). The molecule has 0 radical (unpaired) electrons. The van der Waals surface area contributed by atoms with Gasteiger partial charge in [0.15, 0.2) is 6.29 Å². The molecule has 0 amide bonds. The van der Waals surface area contributed by atoms with Crippen molar-refractivity contribution in [3.63, 3.8) is 0 Å². The number of rotatable bonds is 1. The number of halogens is 2. The topological polar surface area (TPSA) is 30.0 Å². The molecule has 0 saturated carbocycles. The molecule has 2 aromatic rings. The van der Waals surface area contributed by atoms with E-state index in [4.69, 9.17) is 11.6 Å². The third kappa shape index (κ3) is 1.36. The molecule has 1 heterocycles. The van der Waals surface area contributed by atoms with Gasteiger partial charge in [-0.1, -0.05) is 17.7 Å². The number of pyridine rings is 1. The molecular weight excluding hydrogens is 205 g/mol. The van der Waals surface area contributed by atoms with Crippen LogP contribution in [0.1, 0.15) is 10.4 Å². The lowest BCUT2D eigenvalue weighted by atomic mass is 10.1. The first-order chi connectivity index (χ1) is 6.72. The van der Waals surface area contributed by atoms with Crippen molar-refractivity contribution >= 4 is 28.7 Å². The van der Waals surface area contributed by atoms with Crippen molar-refractivity contribution in [2.45, 2.75) is 0 Å². The third-order valence-electron chi connectivity index (χ3n) is 1.96. The Morgan fingerprint density at radius 1 is 1.43 bits per heavy atom. The fourth-order valence-electron chi connectivity index (χ4n) is 1.30. The first-order valence-corrected chi connectivity index (χ1v) is 4.29. The molecule has 0 bridgehead atoms. The lowest BCUT2D eigenvalue weighted by Gasteiger charge is -2.01. The van der Waals surface area contributed by atoms with Crippen LogP contribution in [0.15, 0.2) is 24.4 Å². The van der Waals surface area contributed by atoms with E-state index >= 15 is 0 Å². The number of benzene rings is 1. The highest BCUT2D eigenvalue weighted by molar-refractivity contribution is 6.33. The zero-order valence-electron chi connectivity index (χ0n) is 7.00. The molecule has 0 spiro atoms. The molecular formula is C10H5ClFNO. The Hall–Kier alpha value is -1.48. The Bertz CT molecular complexity index is 513. The van der Waals surface area contributed by atoms with Gasteiger partial charge in [0.1, 0.15) is 11.0 Å². The second kappa shape index (κ2) is 3.35. The second-order valence-corrected chi connectivity index (χ2v) is 3.17. The first kappa shape index (κ1) is 9.09. The zero-order chi connectivity index (χ0) is 10.1. The van der Waals surface area contributed by atoms with Crippen LogP contribution >= 0.6 is 11.6 Å². The Labute approximate surface area is 84.3 Å². The summed E-state index contributed by atoms with van der Waals surface area (Å²) in [5.74, 6) is -0.363.